The molecule has 0 bridgehead atoms. The third kappa shape index (κ3) is 4.54. The first-order chi connectivity index (χ1) is 18.5. The molecule has 2 aromatic carbocycles. The van der Waals surface area contributed by atoms with Gasteiger partial charge >= 0.3 is 0 Å². The highest BCUT2D eigenvalue weighted by atomic mass is 32.1. The molecule has 0 saturated carbocycles. The number of benzene rings is 2. The van der Waals surface area contributed by atoms with E-state index < -0.39 is 0 Å². The molecule has 3 N–H and O–H groups in total. The number of carbonyl (C=O) groups is 2. The number of fused-ring (bicyclic) bond motifs is 2. The summed E-state index contributed by atoms with van der Waals surface area (Å²) in [5.41, 5.74) is 5.34. The van der Waals surface area contributed by atoms with Gasteiger partial charge in [0.2, 0.25) is 11.9 Å². The third-order valence-electron chi connectivity index (χ3n) is 6.64. The Kier molecular flexibility index (Phi) is 6.16. The van der Waals surface area contributed by atoms with E-state index in [9.17, 15) is 9.59 Å². The van der Waals surface area contributed by atoms with Gasteiger partial charge in [0.25, 0.3) is 5.91 Å². The molecular formula is C26H25N7O4S. The Labute approximate surface area is 222 Å². The predicted molar refractivity (Wildman–Crippen MR) is 145 cm³/mol. The minimum Gasteiger partial charge on any atom is -0.493 e. The van der Waals surface area contributed by atoms with Crippen LogP contribution in [0.3, 0.4) is 0 Å². The zero-order valence-corrected chi connectivity index (χ0v) is 21.6. The van der Waals surface area contributed by atoms with Gasteiger partial charge in [0.15, 0.2) is 22.1 Å². The summed E-state index contributed by atoms with van der Waals surface area (Å²) >= 11 is 1.44. The Morgan fingerprint density at radius 2 is 2.00 bits per heavy atom. The molecule has 194 valence electrons. The summed E-state index contributed by atoms with van der Waals surface area (Å²) in [5.74, 6) is 2.17. The van der Waals surface area contributed by atoms with Gasteiger partial charge in [-0.15, -0.1) is 11.3 Å². The van der Waals surface area contributed by atoms with Crippen LogP contribution >= 0.6 is 11.3 Å². The molecule has 4 heterocycles. The first-order valence-electron chi connectivity index (χ1n) is 12.1. The molecule has 1 fully saturated rings. The number of hydrogen-bond acceptors (Lipinski definition) is 10. The van der Waals surface area contributed by atoms with Crippen LogP contribution in [0.4, 0.5) is 23.1 Å². The van der Waals surface area contributed by atoms with Crippen molar-refractivity contribution in [2.75, 3.05) is 42.8 Å². The van der Waals surface area contributed by atoms with E-state index in [0.717, 1.165) is 22.5 Å². The molecule has 0 aliphatic carbocycles. The Morgan fingerprint density at radius 3 is 2.84 bits per heavy atom. The van der Waals surface area contributed by atoms with Gasteiger partial charge in [0.1, 0.15) is 5.52 Å². The van der Waals surface area contributed by atoms with Crippen LogP contribution in [-0.2, 0) is 11.2 Å². The third-order valence-corrected chi connectivity index (χ3v) is 7.35. The number of nitrogens with one attached hydrogen (secondary N) is 3. The van der Waals surface area contributed by atoms with E-state index in [1.807, 2.05) is 24.3 Å². The molecule has 2 amide bonds. The summed E-state index contributed by atoms with van der Waals surface area (Å²) < 4.78 is 10.8. The van der Waals surface area contributed by atoms with Gasteiger partial charge in [-0.2, -0.15) is 9.97 Å². The molecule has 2 aliphatic rings. The van der Waals surface area contributed by atoms with Crippen molar-refractivity contribution in [1.82, 2.24) is 20.3 Å². The van der Waals surface area contributed by atoms with Crippen molar-refractivity contribution in [3.63, 3.8) is 0 Å². The van der Waals surface area contributed by atoms with E-state index in [0.29, 0.717) is 59.5 Å². The Bertz CT molecular complexity index is 1560. The Balaban J connectivity index is 1.18. The molecule has 2 aromatic heterocycles. The molecule has 1 atom stereocenters. The fourth-order valence-electron chi connectivity index (χ4n) is 4.71. The second-order valence-electron chi connectivity index (χ2n) is 9.08. The number of aromatic nitrogens is 3. The Hall–Kier alpha value is -4.45. The van der Waals surface area contributed by atoms with Crippen LogP contribution in [0.25, 0.3) is 10.3 Å². The monoisotopic (exact) mass is 531 g/mol. The molecule has 1 unspecified atom stereocenters. The molecule has 38 heavy (non-hydrogen) atoms. The van der Waals surface area contributed by atoms with E-state index in [1.165, 1.54) is 11.3 Å². The molecule has 4 aromatic rings. The van der Waals surface area contributed by atoms with Gasteiger partial charge in [0.05, 0.1) is 26.2 Å². The minimum absolute atomic E-state index is 0.0538. The average Bonchev–Trinajstić information content (AvgIpc) is 3.67. The maximum Gasteiger partial charge on any atom is 0.251 e. The van der Waals surface area contributed by atoms with E-state index in [2.05, 4.69) is 25.8 Å². The van der Waals surface area contributed by atoms with Crippen LogP contribution < -0.4 is 30.3 Å². The topological polar surface area (TPSA) is 131 Å². The number of nitrogens with zero attached hydrogens (tertiary/aromatic N) is 4. The number of rotatable bonds is 7. The summed E-state index contributed by atoms with van der Waals surface area (Å²) in [6, 6.07) is 10.8. The standard InChI is InChI=1S/C26H25N7O4S/c1-36-19-6-5-16(11-20(19)37-2)28-23-22-25(38-13-27-22)32-26(31-23)33-8-7-17(12-33)29-24(35)15-4-3-14-10-21(34)30-18(14)9-15/h3-6,9,11,13,17H,7-8,10,12H2,1-2H3,(H,29,35)(H,30,34)(H,28,31,32). The zero-order chi connectivity index (χ0) is 26.2. The number of amides is 2. The lowest BCUT2D eigenvalue weighted by Crippen LogP contribution is -2.37. The van der Waals surface area contributed by atoms with Gasteiger partial charge < -0.3 is 30.3 Å². The van der Waals surface area contributed by atoms with Crippen LogP contribution in [0.5, 0.6) is 11.5 Å². The van der Waals surface area contributed by atoms with Crippen molar-refractivity contribution in [3.8, 4) is 11.5 Å². The van der Waals surface area contributed by atoms with Crippen LogP contribution in [0.2, 0.25) is 0 Å². The van der Waals surface area contributed by atoms with Crippen LogP contribution in [-0.4, -0.2) is 60.1 Å². The van der Waals surface area contributed by atoms with Crippen molar-refractivity contribution >= 4 is 56.6 Å². The number of carbonyl (C=O) groups excluding carboxylic acids is 2. The summed E-state index contributed by atoms with van der Waals surface area (Å²) in [5, 5.41) is 9.24. The maximum atomic E-state index is 12.9. The normalized spacial score (nSPS) is 16.3. The van der Waals surface area contributed by atoms with E-state index >= 15 is 0 Å². The lowest BCUT2D eigenvalue weighted by molar-refractivity contribution is -0.115. The van der Waals surface area contributed by atoms with Gasteiger partial charge in [0, 0.05) is 42.1 Å². The smallest absolute Gasteiger partial charge is 0.251 e. The van der Waals surface area contributed by atoms with Crippen LogP contribution in [0.15, 0.2) is 41.9 Å². The highest BCUT2D eigenvalue weighted by Crippen LogP contribution is 2.33. The highest BCUT2D eigenvalue weighted by Gasteiger charge is 2.28. The van der Waals surface area contributed by atoms with Gasteiger partial charge in [-0.05, 0) is 36.2 Å². The van der Waals surface area contributed by atoms with Crippen molar-refractivity contribution in [3.05, 3.63) is 53.0 Å². The molecule has 1 saturated heterocycles. The van der Waals surface area contributed by atoms with Gasteiger partial charge in [-0.3, -0.25) is 9.59 Å². The quantitative estimate of drug-likeness (QED) is 0.329. The Morgan fingerprint density at radius 1 is 1.13 bits per heavy atom. The van der Waals surface area contributed by atoms with Gasteiger partial charge in [-0.1, -0.05) is 6.07 Å². The maximum absolute atomic E-state index is 12.9. The first-order valence-corrected chi connectivity index (χ1v) is 13.0. The fraction of sp³-hybridized carbons (Fsp3) is 0.269. The number of ether oxygens (including phenoxy) is 2. The SMILES string of the molecule is COc1ccc(Nc2nc(N3CCC(NC(=O)c4ccc5c(c4)NC(=O)C5)C3)nc3scnc23)cc1OC. The lowest BCUT2D eigenvalue weighted by atomic mass is 10.1. The number of anilines is 4. The van der Waals surface area contributed by atoms with E-state index in [-0.39, 0.29) is 17.9 Å². The van der Waals surface area contributed by atoms with Crippen molar-refractivity contribution in [2.45, 2.75) is 18.9 Å². The highest BCUT2D eigenvalue weighted by molar-refractivity contribution is 7.16. The second-order valence-corrected chi connectivity index (χ2v) is 9.91. The lowest BCUT2D eigenvalue weighted by Gasteiger charge is -2.18. The summed E-state index contributed by atoms with van der Waals surface area (Å²) in [6.07, 6.45) is 1.11. The molecular weight excluding hydrogens is 506 g/mol. The molecule has 0 radical (unpaired) electrons. The molecule has 2 aliphatic heterocycles. The number of thiazole rings is 1. The van der Waals surface area contributed by atoms with Gasteiger partial charge in [-0.25, -0.2) is 4.98 Å². The molecule has 11 nitrogen and oxygen atoms in total. The summed E-state index contributed by atoms with van der Waals surface area (Å²) in [4.78, 5) is 41.3. The van der Waals surface area contributed by atoms with Crippen molar-refractivity contribution < 1.29 is 19.1 Å². The zero-order valence-electron chi connectivity index (χ0n) is 20.8. The minimum atomic E-state index is -0.171. The molecule has 12 heteroatoms. The number of methoxy groups -OCH3 is 2. The first kappa shape index (κ1) is 23.9. The van der Waals surface area contributed by atoms with Crippen LogP contribution in [0.1, 0.15) is 22.3 Å². The summed E-state index contributed by atoms with van der Waals surface area (Å²) in [7, 11) is 3.19. The van der Waals surface area contributed by atoms with Crippen LogP contribution in [0, 0.1) is 0 Å². The predicted octanol–water partition coefficient (Wildman–Crippen LogP) is 3.35. The summed E-state index contributed by atoms with van der Waals surface area (Å²) in [6.45, 7) is 1.28. The molecule has 6 rings (SSSR count). The number of hydrogen-bond donors (Lipinski definition) is 3. The average molecular weight is 532 g/mol. The largest absolute Gasteiger partial charge is 0.493 e. The van der Waals surface area contributed by atoms with E-state index in [4.69, 9.17) is 19.4 Å². The van der Waals surface area contributed by atoms with Crippen molar-refractivity contribution in [1.29, 1.82) is 0 Å². The van der Waals surface area contributed by atoms with E-state index in [1.54, 1.807) is 31.9 Å². The second kappa shape index (κ2) is 9.78. The fourth-order valence-corrected chi connectivity index (χ4v) is 5.37. The molecule has 0 spiro atoms. The van der Waals surface area contributed by atoms with Crippen molar-refractivity contribution in [2.24, 2.45) is 0 Å².